The standard InChI is InChI=1S/C10H19N3O4/c1-6(3-2-4-11)9(15)13-7(10(16)17)5-8(12)14/h6-7H,2-5,11H2,1H3,(H2,12,14)(H,13,15)(H,16,17). The van der Waals surface area contributed by atoms with Crippen molar-refractivity contribution in [1.29, 1.82) is 0 Å². The molecule has 7 nitrogen and oxygen atoms in total. The van der Waals surface area contributed by atoms with Gasteiger partial charge < -0.3 is 21.9 Å². The number of nitrogens with one attached hydrogen (secondary N) is 1. The summed E-state index contributed by atoms with van der Waals surface area (Å²) in [6.45, 7) is 2.15. The molecule has 0 spiro atoms. The summed E-state index contributed by atoms with van der Waals surface area (Å²) in [5, 5.41) is 11.1. The van der Waals surface area contributed by atoms with Crippen LogP contribution in [0.1, 0.15) is 26.2 Å². The van der Waals surface area contributed by atoms with Crippen LogP contribution in [0.25, 0.3) is 0 Å². The summed E-state index contributed by atoms with van der Waals surface area (Å²) in [5.41, 5.74) is 10.2. The van der Waals surface area contributed by atoms with Gasteiger partial charge in [0.05, 0.1) is 6.42 Å². The zero-order chi connectivity index (χ0) is 13.4. The first-order chi connectivity index (χ1) is 7.88. The van der Waals surface area contributed by atoms with Crippen LogP contribution in [-0.2, 0) is 14.4 Å². The highest BCUT2D eigenvalue weighted by Gasteiger charge is 2.24. The molecular formula is C10H19N3O4. The van der Waals surface area contributed by atoms with Gasteiger partial charge in [0.1, 0.15) is 6.04 Å². The van der Waals surface area contributed by atoms with E-state index in [-0.39, 0.29) is 5.92 Å². The second kappa shape index (κ2) is 7.61. The molecule has 0 rings (SSSR count). The third-order valence-corrected chi connectivity index (χ3v) is 2.31. The van der Waals surface area contributed by atoms with Gasteiger partial charge in [-0.15, -0.1) is 0 Å². The number of carbonyl (C=O) groups excluding carboxylic acids is 2. The first kappa shape index (κ1) is 15.4. The predicted octanol–water partition coefficient (Wildman–Crippen LogP) is -1.19. The molecule has 0 radical (unpaired) electrons. The lowest BCUT2D eigenvalue weighted by Gasteiger charge is -2.16. The van der Waals surface area contributed by atoms with Gasteiger partial charge in [0.15, 0.2) is 0 Å². The monoisotopic (exact) mass is 245 g/mol. The molecule has 0 aromatic carbocycles. The molecule has 0 heterocycles. The molecule has 98 valence electrons. The average molecular weight is 245 g/mol. The molecule has 0 aromatic rings. The van der Waals surface area contributed by atoms with Crippen LogP contribution < -0.4 is 16.8 Å². The summed E-state index contributed by atoms with van der Waals surface area (Å²) in [7, 11) is 0. The lowest BCUT2D eigenvalue weighted by atomic mass is 10.0. The third-order valence-electron chi connectivity index (χ3n) is 2.31. The van der Waals surface area contributed by atoms with Crippen molar-refractivity contribution in [3.63, 3.8) is 0 Å². The largest absolute Gasteiger partial charge is 0.480 e. The van der Waals surface area contributed by atoms with Crippen molar-refractivity contribution in [1.82, 2.24) is 5.32 Å². The van der Waals surface area contributed by atoms with Crippen LogP contribution in [0.5, 0.6) is 0 Å². The molecule has 17 heavy (non-hydrogen) atoms. The highest BCUT2D eigenvalue weighted by molar-refractivity contribution is 5.88. The number of aliphatic carboxylic acids is 1. The van der Waals surface area contributed by atoms with Crippen molar-refractivity contribution >= 4 is 17.8 Å². The summed E-state index contributed by atoms with van der Waals surface area (Å²) in [5.74, 6) is -2.80. The first-order valence-electron chi connectivity index (χ1n) is 5.40. The molecule has 0 aliphatic heterocycles. The Morgan fingerprint density at radius 1 is 1.35 bits per heavy atom. The van der Waals surface area contributed by atoms with Gasteiger partial charge in [0.25, 0.3) is 0 Å². The Labute approximate surface area is 99.5 Å². The van der Waals surface area contributed by atoms with Crippen molar-refractivity contribution in [2.24, 2.45) is 17.4 Å². The predicted molar refractivity (Wildman–Crippen MR) is 60.8 cm³/mol. The van der Waals surface area contributed by atoms with Gasteiger partial charge in [-0.1, -0.05) is 6.92 Å². The number of carboxylic acids is 1. The number of amides is 2. The molecule has 0 bridgehead atoms. The van der Waals surface area contributed by atoms with Crippen molar-refractivity contribution in [3.05, 3.63) is 0 Å². The number of carboxylic acid groups (broad SMARTS) is 1. The third kappa shape index (κ3) is 6.52. The SMILES string of the molecule is CC(CCCN)C(=O)NC(CC(N)=O)C(=O)O. The molecular weight excluding hydrogens is 226 g/mol. The molecule has 2 amide bonds. The average Bonchev–Trinajstić information content (AvgIpc) is 2.23. The summed E-state index contributed by atoms with van der Waals surface area (Å²) in [4.78, 5) is 33.0. The van der Waals surface area contributed by atoms with Crippen molar-refractivity contribution < 1.29 is 19.5 Å². The Morgan fingerprint density at radius 2 is 1.94 bits per heavy atom. The molecule has 0 saturated carbocycles. The fourth-order valence-electron chi connectivity index (χ4n) is 1.27. The normalized spacial score (nSPS) is 13.8. The van der Waals surface area contributed by atoms with Gasteiger partial charge in [-0.3, -0.25) is 9.59 Å². The number of carbonyl (C=O) groups is 3. The van der Waals surface area contributed by atoms with E-state index in [4.69, 9.17) is 16.6 Å². The Hall–Kier alpha value is -1.63. The van der Waals surface area contributed by atoms with E-state index in [9.17, 15) is 14.4 Å². The Balaban J connectivity index is 4.29. The fraction of sp³-hybridized carbons (Fsp3) is 0.700. The summed E-state index contributed by atoms with van der Waals surface area (Å²) < 4.78 is 0. The van der Waals surface area contributed by atoms with Gasteiger partial charge in [0.2, 0.25) is 11.8 Å². The Bertz CT molecular complexity index is 293. The van der Waals surface area contributed by atoms with Gasteiger partial charge in [-0.05, 0) is 19.4 Å². The number of primary amides is 1. The van der Waals surface area contributed by atoms with Crippen molar-refractivity contribution in [2.75, 3.05) is 6.54 Å². The highest BCUT2D eigenvalue weighted by atomic mass is 16.4. The second-order valence-corrected chi connectivity index (χ2v) is 3.90. The van der Waals surface area contributed by atoms with Crippen molar-refractivity contribution in [3.8, 4) is 0 Å². The minimum Gasteiger partial charge on any atom is -0.480 e. The van der Waals surface area contributed by atoms with Crippen LogP contribution in [0.15, 0.2) is 0 Å². The number of nitrogens with two attached hydrogens (primary N) is 2. The molecule has 2 atom stereocenters. The van der Waals surface area contributed by atoms with Crippen LogP contribution >= 0.6 is 0 Å². The fourth-order valence-corrected chi connectivity index (χ4v) is 1.27. The highest BCUT2D eigenvalue weighted by Crippen LogP contribution is 2.05. The summed E-state index contributed by atoms with van der Waals surface area (Å²) in [6, 6.07) is -1.26. The smallest absolute Gasteiger partial charge is 0.326 e. The topological polar surface area (TPSA) is 136 Å². The maximum atomic E-state index is 11.6. The maximum Gasteiger partial charge on any atom is 0.326 e. The lowest BCUT2D eigenvalue weighted by molar-refractivity contribution is -0.143. The first-order valence-corrected chi connectivity index (χ1v) is 5.40. The van der Waals surface area contributed by atoms with Crippen LogP contribution in [0.2, 0.25) is 0 Å². The van der Waals surface area contributed by atoms with E-state index >= 15 is 0 Å². The zero-order valence-electron chi connectivity index (χ0n) is 9.81. The van der Waals surface area contributed by atoms with Crippen LogP contribution in [0.3, 0.4) is 0 Å². The van der Waals surface area contributed by atoms with E-state index in [1.165, 1.54) is 0 Å². The minimum atomic E-state index is -1.27. The molecule has 0 fully saturated rings. The van der Waals surface area contributed by atoms with E-state index in [0.717, 1.165) is 0 Å². The summed E-state index contributed by atoms with van der Waals surface area (Å²) in [6.07, 6.45) is 0.845. The molecule has 0 aliphatic carbocycles. The molecule has 2 unspecified atom stereocenters. The molecule has 0 aromatic heterocycles. The van der Waals surface area contributed by atoms with Crippen LogP contribution in [0, 0.1) is 5.92 Å². The molecule has 7 heteroatoms. The van der Waals surface area contributed by atoms with Gasteiger partial charge in [-0.25, -0.2) is 4.79 Å². The number of hydrogen-bond donors (Lipinski definition) is 4. The molecule has 0 aliphatic rings. The van der Waals surface area contributed by atoms with E-state index in [1.807, 2.05) is 0 Å². The number of rotatable bonds is 8. The van der Waals surface area contributed by atoms with Crippen molar-refractivity contribution in [2.45, 2.75) is 32.2 Å². The van der Waals surface area contributed by atoms with Gasteiger partial charge in [-0.2, -0.15) is 0 Å². The zero-order valence-corrected chi connectivity index (χ0v) is 9.81. The quantitative estimate of drug-likeness (QED) is 0.426. The molecule has 6 N–H and O–H groups in total. The maximum absolute atomic E-state index is 11.6. The Morgan fingerprint density at radius 3 is 2.35 bits per heavy atom. The van der Waals surface area contributed by atoms with E-state index in [0.29, 0.717) is 19.4 Å². The van der Waals surface area contributed by atoms with Crippen LogP contribution in [0.4, 0.5) is 0 Å². The van der Waals surface area contributed by atoms with Crippen LogP contribution in [-0.4, -0.2) is 35.5 Å². The number of hydrogen-bond acceptors (Lipinski definition) is 4. The molecule has 0 saturated heterocycles. The van der Waals surface area contributed by atoms with Gasteiger partial charge >= 0.3 is 5.97 Å². The lowest BCUT2D eigenvalue weighted by Crippen LogP contribution is -2.45. The van der Waals surface area contributed by atoms with Gasteiger partial charge in [0, 0.05) is 5.92 Å². The Kier molecular flexibility index (Phi) is 6.88. The van der Waals surface area contributed by atoms with E-state index < -0.39 is 30.2 Å². The van der Waals surface area contributed by atoms with E-state index in [1.54, 1.807) is 6.92 Å². The second-order valence-electron chi connectivity index (χ2n) is 3.90. The minimum absolute atomic E-state index is 0.340. The summed E-state index contributed by atoms with van der Waals surface area (Å²) >= 11 is 0. The van der Waals surface area contributed by atoms with E-state index in [2.05, 4.69) is 5.32 Å².